The standard InChI is InChI=1S/C22H31N5O2/c1-29-20-9-14-25(15-10-20)21-7-6-18(17-23-21)22(28)27-13-3-2-5-19(27)8-16-26-12-4-11-24-26/h4,6-7,11-12,17,19-20H,2-3,5,8-10,13-16H2,1H3/t19-/m1/s1. The third-order valence-electron chi connectivity index (χ3n) is 6.23. The Labute approximate surface area is 172 Å². The van der Waals surface area contributed by atoms with Crippen LogP contribution in [-0.2, 0) is 11.3 Å². The zero-order valence-corrected chi connectivity index (χ0v) is 17.2. The van der Waals surface area contributed by atoms with Gasteiger partial charge in [0, 0.05) is 57.9 Å². The van der Waals surface area contributed by atoms with Crippen molar-refractivity contribution in [1.82, 2.24) is 19.7 Å². The van der Waals surface area contributed by atoms with Crippen LogP contribution in [-0.4, -0.2) is 64.5 Å². The molecule has 0 N–H and O–H groups in total. The molecule has 0 saturated carbocycles. The Bertz CT molecular complexity index is 769. The maximum absolute atomic E-state index is 13.2. The van der Waals surface area contributed by atoms with Crippen molar-refractivity contribution in [2.45, 2.75) is 57.2 Å². The van der Waals surface area contributed by atoms with Gasteiger partial charge in [-0.25, -0.2) is 4.98 Å². The molecule has 4 heterocycles. The second-order valence-corrected chi connectivity index (χ2v) is 8.03. The van der Waals surface area contributed by atoms with E-state index in [4.69, 9.17) is 4.74 Å². The molecule has 0 aliphatic carbocycles. The zero-order valence-electron chi connectivity index (χ0n) is 17.2. The van der Waals surface area contributed by atoms with E-state index < -0.39 is 0 Å². The third kappa shape index (κ3) is 4.78. The first kappa shape index (κ1) is 19.9. The number of ether oxygens (including phenoxy) is 1. The Balaban J connectivity index is 1.38. The summed E-state index contributed by atoms with van der Waals surface area (Å²) in [5.41, 5.74) is 0.687. The number of aryl methyl sites for hydroxylation is 1. The van der Waals surface area contributed by atoms with Gasteiger partial charge in [0.1, 0.15) is 5.82 Å². The van der Waals surface area contributed by atoms with Gasteiger partial charge >= 0.3 is 0 Å². The third-order valence-corrected chi connectivity index (χ3v) is 6.23. The molecule has 0 bridgehead atoms. The lowest BCUT2D eigenvalue weighted by molar-refractivity contribution is 0.0593. The van der Waals surface area contributed by atoms with Crippen molar-refractivity contribution < 1.29 is 9.53 Å². The molecule has 2 aliphatic heterocycles. The van der Waals surface area contributed by atoms with Gasteiger partial charge in [0.05, 0.1) is 11.7 Å². The van der Waals surface area contributed by atoms with Crippen molar-refractivity contribution in [2.75, 3.05) is 31.6 Å². The molecule has 4 rings (SSSR count). The van der Waals surface area contributed by atoms with Crippen LogP contribution in [0, 0.1) is 0 Å². The molecule has 1 amide bonds. The minimum Gasteiger partial charge on any atom is -0.381 e. The molecule has 0 aromatic carbocycles. The summed E-state index contributed by atoms with van der Waals surface area (Å²) in [6.45, 7) is 3.56. The topological polar surface area (TPSA) is 63.5 Å². The number of anilines is 1. The molecule has 2 saturated heterocycles. The van der Waals surface area contributed by atoms with Crippen LogP contribution in [0.3, 0.4) is 0 Å². The van der Waals surface area contributed by atoms with Crippen molar-refractivity contribution >= 4 is 11.7 Å². The normalized spacial score (nSPS) is 20.8. The second-order valence-electron chi connectivity index (χ2n) is 8.03. The first-order valence-corrected chi connectivity index (χ1v) is 10.8. The first-order valence-electron chi connectivity index (χ1n) is 10.8. The Morgan fingerprint density at radius 3 is 2.72 bits per heavy atom. The minimum atomic E-state index is 0.104. The fourth-order valence-corrected chi connectivity index (χ4v) is 4.47. The number of hydrogen-bond acceptors (Lipinski definition) is 5. The van der Waals surface area contributed by atoms with Crippen LogP contribution in [0.2, 0.25) is 0 Å². The predicted octanol–water partition coefficient (Wildman–Crippen LogP) is 2.98. The molecule has 2 fully saturated rings. The molecule has 2 aromatic heterocycles. The Morgan fingerprint density at radius 2 is 2.03 bits per heavy atom. The monoisotopic (exact) mass is 397 g/mol. The highest BCUT2D eigenvalue weighted by molar-refractivity contribution is 5.94. The summed E-state index contributed by atoms with van der Waals surface area (Å²) in [7, 11) is 1.78. The molecule has 0 radical (unpaired) electrons. The molecule has 2 aliphatic rings. The average molecular weight is 398 g/mol. The van der Waals surface area contributed by atoms with E-state index >= 15 is 0 Å². The summed E-state index contributed by atoms with van der Waals surface area (Å²) in [5, 5.41) is 4.28. The molecule has 0 unspecified atom stereocenters. The van der Waals surface area contributed by atoms with E-state index in [9.17, 15) is 4.79 Å². The van der Waals surface area contributed by atoms with Crippen LogP contribution in [0.4, 0.5) is 5.82 Å². The first-order chi connectivity index (χ1) is 14.2. The summed E-state index contributed by atoms with van der Waals surface area (Å²) in [4.78, 5) is 22.1. The number of carbonyl (C=O) groups is 1. The zero-order chi connectivity index (χ0) is 20.1. The number of hydrogen-bond donors (Lipinski definition) is 0. The molecule has 7 nitrogen and oxygen atoms in total. The number of likely N-dealkylation sites (tertiary alicyclic amines) is 1. The van der Waals surface area contributed by atoms with Gasteiger partial charge in [-0.05, 0) is 56.7 Å². The lowest BCUT2D eigenvalue weighted by atomic mass is 9.98. The number of nitrogens with zero attached hydrogens (tertiary/aromatic N) is 5. The summed E-state index contributed by atoms with van der Waals surface area (Å²) in [5.74, 6) is 1.05. The van der Waals surface area contributed by atoms with E-state index in [2.05, 4.69) is 15.0 Å². The van der Waals surface area contributed by atoms with Gasteiger partial charge in [-0.15, -0.1) is 0 Å². The summed E-state index contributed by atoms with van der Waals surface area (Å²) in [6, 6.07) is 6.14. The van der Waals surface area contributed by atoms with Crippen molar-refractivity contribution in [2.24, 2.45) is 0 Å². The maximum Gasteiger partial charge on any atom is 0.255 e. The molecular formula is C22H31N5O2. The highest BCUT2D eigenvalue weighted by Gasteiger charge is 2.28. The van der Waals surface area contributed by atoms with E-state index in [0.717, 1.165) is 64.1 Å². The van der Waals surface area contributed by atoms with Gasteiger partial charge in [0.2, 0.25) is 0 Å². The summed E-state index contributed by atoms with van der Waals surface area (Å²) < 4.78 is 7.39. The number of aromatic nitrogens is 3. The quantitative estimate of drug-likeness (QED) is 0.750. The highest BCUT2D eigenvalue weighted by Crippen LogP contribution is 2.24. The SMILES string of the molecule is COC1CCN(c2ccc(C(=O)N3CCCC[C@@H]3CCn3cccn3)cn2)CC1. The van der Waals surface area contributed by atoms with Gasteiger partial charge in [-0.2, -0.15) is 5.10 Å². The molecule has 1 atom stereocenters. The Morgan fingerprint density at radius 1 is 1.17 bits per heavy atom. The number of amides is 1. The van der Waals surface area contributed by atoms with E-state index in [0.29, 0.717) is 11.7 Å². The smallest absolute Gasteiger partial charge is 0.255 e. The summed E-state index contributed by atoms with van der Waals surface area (Å²) >= 11 is 0. The Kier molecular flexibility index (Phi) is 6.44. The number of piperidine rings is 2. The average Bonchev–Trinajstić information content (AvgIpc) is 3.31. The lowest BCUT2D eigenvalue weighted by Crippen LogP contribution is -2.44. The fraction of sp³-hybridized carbons (Fsp3) is 0.591. The molecule has 0 spiro atoms. The highest BCUT2D eigenvalue weighted by atomic mass is 16.5. The van der Waals surface area contributed by atoms with Crippen LogP contribution in [0.25, 0.3) is 0 Å². The van der Waals surface area contributed by atoms with Gasteiger partial charge in [-0.1, -0.05) is 0 Å². The molecule has 7 heteroatoms. The van der Waals surface area contributed by atoms with Crippen molar-refractivity contribution in [3.63, 3.8) is 0 Å². The van der Waals surface area contributed by atoms with Crippen LogP contribution >= 0.6 is 0 Å². The van der Waals surface area contributed by atoms with Gasteiger partial charge in [0.15, 0.2) is 0 Å². The molecular weight excluding hydrogens is 366 g/mol. The number of pyridine rings is 1. The van der Waals surface area contributed by atoms with Gasteiger partial charge < -0.3 is 14.5 Å². The minimum absolute atomic E-state index is 0.104. The van der Waals surface area contributed by atoms with Crippen molar-refractivity contribution in [3.05, 3.63) is 42.4 Å². The van der Waals surface area contributed by atoms with Gasteiger partial charge in [-0.3, -0.25) is 9.48 Å². The van der Waals surface area contributed by atoms with E-state index in [1.165, 1.54) is 6.42 Å². The molecule has 156 valence electrons. The number of rotatable bonds is 6. The van der Waals surface area contributed by atoms with E-state index in [1.807, 2.05) is 34.0 Å². The fourth-order valence-electron chi connectivity index (χ4n) is 4.47. The number of methoxy groups -OCH3 is 1. The Hall–Kier alpha value is -2.41. The van der Waals surface area contributed by atoms with Crippen LogP contribution < -0.4 is 4.90 Å². The predicted molar refractivity (Wildman–Crippen MR) is 112 cm³/mol. The van der Waals surface area contributed by atoms with Crippen LogP contribution in [0.5, 0.6) is 0 Å². The maximum atomic E-state index is 13.2. The molecule has 2 aromatic rings. The largest absolute Gasteiger partial charge is 0.381 e. The van der Waals surface area contributed by atoms with E-state index in [1.54, 1.807) is 19.5 Å². The van der Waals surface area contributed by atoms with Crippen LogP contribution in [0.1, 0.15) is 48.9 Å². The summed E-state index contributed by atoms with van der Waals surface area (Å²) in [6.07, 6.45) is 12.2. The van der Waals surface area contributed by atoms with E-state index in [-0.39, 0.29) is 11.9 Å². The van der Waals surface area contributed by atoms with Gasteiger partial charge in [0.25, 0.3) is 5.91 Å². The second kappa shape index (κ2) is 9.39. The van der Waals surface area contributed by atoms with Crippen molar-refractivity contribution in [3.8, 4) is 0 Å². The molecule has 29 heavy (non-hydrogen) atoms. The number of carbonyl (C=O) groups excluding carboxylic acids is 1. The van der Waals surface area contributed by atoms with Crippen molar-refractivity contribution in [1.29, 1.82) is 0 Å². The lowest BCUT2D eigenvalue weighted by Gasteiger charge is -2.36. The van der Waals surface area contributed by atoms with Crippen LogP contribution in [0.15, 0.2) is 36.8 Å².